The van der Waals surface area contributed by atoms with Crippen LogP contribution in [0.3, 0.4) is 0 Å². The molecule has 2 fully saturated rings. The van der Waals surface area contributed by atoms with Gasteiger partial charge in [0, 0.05) is 26.6 Å². The number of likely N-dealkylation sites (N-methyl/N-ethyl adjacent to an activating group) is 1. The molecule has 1 spiro atoms. The number of morpholine rings is 1. The van der Waals surface area contributed by atoms with Gasteiger partial charge in [-0.3, -0.25) is 14.5 Å². The summed E-state index contributed by atoms with van der Waals surface area (Å²) in [7, 11) is 3.54. The molecule has 0 bridgehead atoms. The van der Waals surface area contributed by atoms with E-state index in [1.54, 1.807) is 7.11 Å². The number of carbonyl (C=O) groups excluding carboxylic acids is 2. The third-order valence-electron chi connectivity index (χ3n) is 4.42. The maximum absolute atomic E-state index is 12.1. The largest absolute Gasteiger partial charge is 0.383 e. The summed E-state index contributed by atoms with van der Waals surface area (Å²) in [6, 6.07) is -0.280. The van der Waals surface area contributed by atoms with E-state index in [-0.39, 0.29) is 23.5 Å². The zero-order valence-corrected chi connectivity index (χ0v) is 14.6. The predicted molar refractivity (Wildman–Crippen MR) is 86.0 cm³/mol. The van der Waals surface area contributed by atoms with E-state index in [2.05, 4.69) is 5.32 Å². The summed E-state index contributed by atoms with van der Waals surface area (Å²) in [5, 5.41) is 2.85. The third-order valence-corrected chi connectivity index (χ3v) is 4.42. The first-order valence-corrected chi connectivity index (χ1v) is 8.25. The molecule has 23 heavy (non-hydrogen) atoms. The van der Waals surface area contributed by atoms with Gasteiger partial charge in [-0.2, -0.15) is 0 Å². The summed E-state index contributed by atoms with van der Waals surface area (Å²) in [5.74, 6) is 0.525. The van der Waals surface area contributed by atoms with Crippen LogP contribution in [0.15, 0.2) is 0 Å². The van der Waals surface area contributed by atoms with Gasteiger partial charge in [-0.15, -0.1) is 0 Å². The summed E-state index contributed by atoms with van der Waals surface area (Å²) in [4.78, 5) is 28.1. The van der Waals surface area contributed by atoms with Crippen LogP contribution in [0.2, 0.25) is 0 Å². The van der Waals surface area contributed by atoms with Crippen molar-refractivity contribution < 1.29 is 19.1 Å². The number of methoxy groups -OCH3 is 1. The molecule has 2 amide bonds. The molecule has 0 radical (unpaired) electrons. The minimum absolute atomic E-state index is 0.0357. The summed E-state index contributed by atoms with van der Waals surface area (Å²) >= 11 is 0. The number of hydrogen-bond acceptors (Lipinski definition) is 5. The number of ether oxygens (including phenoxy) is 2. The molecule has 0 aromatic rings. The quantitative estimate of drug-likeness (QED) is 0.679. The SMILES string of the molecule is COCCNC(=O)C1COC2(CN(C(=O)CC(C)C)C2)CN1C. The lowest BCUT2D eigenvalue weighted by Crippen LogP contribution is -2.73. The zero-order chi connectivity index (χ0) is 17.0. The number of hydrogen-bond donors (Lipinski definition) is 1. The van der Waals surface area contributed by atoms with Gasteiger partial charge < -0.3 is 19.7 Å². The molecule has 1 N–H and O–H groups in total. The third kappa shape index (κ3) is 4.43. The predicted octanol–water partition coefficient (Wildman–Crippen LogP) is -0.293. The van der Waals surface area contributed by atoms with E-state index in [4.69, 9.17) is 9.47 Å². The fourth-order valence-electron chi connectivity index (χ4n) is 3.16. The molecule has 132 valence electrons. The summed E-state index contributed by atoms with van der Waals surface area (Å²) < 4.78 is 10.9. The Labute approximate surface area is 138 Å². The maximum Gasteiger partial charge on any atom is 0.239 e. The van der Waals surface area contributed by atoms with Crippen LogP contribution < -0.4 is 5.32 Å². The van der Waals surface area contributed by atoms with Crippen molar-refractivity contribution in [1.82, 2.24) is 15.1 Å². The first-order chi connectivity index (χ1) is 10.9. The van der Waals surface area contributed by atoms with Crippen molar-refractivity contribution in [3.63, 3.8) is 0 Å². The second-order valence-electron chi connectivity index (χ2n) is 7.06. The Morgan fingerprint density at radius 2 is 2.04 bits per heavy atom. The fourth-order valence-corrected chi connectivity index (χ4v) is 3.16. The van der Waals surface area contributed by atoms with Gasteiger partial charge in [-0.05, 0) is 13.0 Å². The van der Waals surface area contributed by atoms with Gasteiger partial charge in [0.25, 0.3) is 0 Å². The highest BCUT2D eigenvalue weighted by Crippen LogP contribution is 2.31. The van der Waals surface area contributed by atoms with Gasteiger partial charge in [-0.1, -0.05) is 13.8 Å². The van der Waals surface area contributed by atoms with Crippen LogP contribution in [0.1, 0.15) is 20.3 Å². The van der Waals surface area contributed by atoms with Crippen molar-refractivity contribution in [1.29, 1.82) is 0 Å². The summed E-state index contributed by atoms with van der Waals surface area (Å²) in [6.45, 7) is 7.38. The van der Waals surface area contributed by atoms with Crippen LogP contribution in [0.5, 0.6) is 0 Å². The summed E-state index contributed by atoms with van der Waals surface area (Å²) in [6.07, 6.45) is 0.580. The lowest BCUT2D eigenvalue weighted by molar-refractivity contribution is -0.201. The molecular formula is C16H29N3O4. The van der Waals surface area contributed by atoms with Gasteiger partial charge in [0.15, 0.2) is 0 Å². The fraction of sp³-hybridized carbons (Fsp3) is 0.875. The number of nitrogens with zero attached hydrogens (tertiary/aromatic N) is 2. The van der Waals surface area contributed by atoms with E-state index in [1.807, 2.05) is 30.7 Å². The van der Waals surface area contributed by atoms with Crippen molar-refractivity contribution >= 4 is 11.8 Å². The van der Waals surface area contributed by atoms with Gasteiger partial charge in [0.05, 0.1) is 26.3 Å². The standard InChI is InChI=1S/C16H29N3O4/c1-12(2)7-14(20)19-10-16(11-19)9-18(3)13(8-23-16)15(21)17-5-6-22-4/h12-13H,5-11H2,1-4H3,(H,17,21). The molecule has 2 rings (SSSR count). The first kappa shape index (κ1) is 18.2. The van der Waals surface area contributed by atoms with E-state index in [0.29, 0.717) is 51.7 Å². The molecule has 0 aliphatic carbocycles. The number of carbonyl (C=O) groups is 2. The summed E-state index contributed by atoms with van der Waals surface area (Å²) in [5.41, 5.74) is -0.301. The molecule has 2 saturated heterocycles. The molecule has 1 atom stereocenters. The Morgan fingerprint density at radius 1 is 1.35 bits per heavy atom. The molecule has 0 aromatic heterocycles. The van der Waals surface area contributed by atoms with Gasteiger partial charge >= 0.3 is 0 Å². The highest BCUT2D eigenvalue weighted by molar-refractivity contribution is 5.82. The molecule has 1 unspecified atom stereocenters. The van der Waals surface area contributed by atoms with Crippen LogP contribution in [-0.4, -0.2) is 86.8 Å². The van der Waals surface area contributed by atoms with E-state index >= 15 is 0 Å². The Balaban J connectivity index is 1.79. The van der Waals surface area contributed by atoms with Crippen LogP contribution in [0.4, 0.5) is 0 Å². The Hall–Kier alpha value is -1.18. The normalized spacial score (nSPS) is 23.9. The molecule has 7 heteroatoms. The first-order valence-electron chi connectivity index (χ1n) is 8.25. The van der Waals surface area contributed by atoms with E-state index in [1.165, 1.54) is 0 Å². The van der Waals surface area contributed by atoms with Crippen LogP contribution in [0, 0.1) is 5.92 Å². The van der Waals surface area contributed by atoms with Crippen molar-refractivity contribution in [3.05, 3.63) is 0 Å². The van der Waals surface area contributed by atoms with Crippen molar-refractivity contribution in [2.75, 3.05) is 53.6 Å². The number of rotatable bonds is 6. The topological polar surface area (TPSA) is 71.1 Å². The van der Waals surface area contributed by atoms with Crippen LogP contribution in [-0.2, 0) is 19.1 Å². The van der Waals surface area contributed by atoms with Gasteiger partial charge in [0.2, 0.25) is 11.8 Å². The monoisotopic (exact) mass is 327 g/mol. The highest BCUT2D eigenvalue weighted by atomic mass is 16.5. The number of nitrogens with one attached hydrogen (secondary N) is 1. The minimum Gasteiger partial charge on any atom is -0.383 e. The molecule has 0 aromatic carbocycles. The van der Waals surface area contributed by atoms with E-state index in [9.17, 15) is 9.59 Å². The van der Waals surface area contributed by atoms with Crippen molar-refractivity contribution in [2.24, 2.45) is 5.92 Å². The van der Waals surface area contributed by atoms with Crippen LogP contribution in [0.25, 0.3) is 0 Å². The Kier molecular flexibility index (Phi) is 6.00. The lowest BCUT2D eigenvalue weighted by atomic mass is 9.90. The average Bonchev–Trinajstić information content (AvgIpc) is 2.43. The van der Waals surface area contributed by atoms with Crippen molar-refractivity contribution in [2.45, 2.75) is 31.9 Å². The smallest absolute Gasteiger partial charge is 0.239 e. The lowest BCUT2D eigenvalue weighted by Gasteiger charge is -2.54. The Morgan fingerprint density at radius 3 is 2.61 bits per heavy atom. The van der Waals surface area contributed by atoms with Crippen molar-refractivity contribution in [3.8, 4) is 0 Å². The second kappa shape index (κ2) is 7.59. The number of amides is 2. The molecule has 2 heterocycles. The molecule has 2 aliphatic heterocycles. The van der Waals surface area contributed by atoms with Gasteiger partial charge in [0.1, 0.15) is 11.6 Å². The molecule has 2 aliphatic rings. The molecule has 7 nitrogen and oxygen atoms in total. The highest BCUT2D eigenvalue weighted by Gasteiger charge is 2.51. The van der Waals surface area contributed by atoms with Crippen LogP contribution >= 0.6 is 0 Å². The van der Waals surface area contributed by atoms with E-state index in [0.717, 1.165) is 0 Å². The zero-order valence-electron chi connectivity index (χ0n) is 14.6. The average molecular weight is 327 g/mol. The molecule has 0 saturated carbocycles. The van der Waals surface area contributed by atoms with E-state index < -0.39 is 0 Å². The Bertz CT molecular complexity index is 435. The second-order valence-corrected chi connectivity index (χ2v) is 7.06. The molecular weight excluding hydrogens is 298 g/mol. The van der Waals surface area contributed by atoms with Gasteiger partial charge in [-0.25, -0.2) is 0 Å². The maximum atomic E-state index is 12.1. The number of likely N-dealkylation sites (tertiary alicyclic amines) is 1. The minimum atomic E-state index is -0.301.